The van der Waals surface area contributed by atoms with E-state index >= 15 is 0 Å². The summed E-state index contributed by atoms with van der Waals surface area (Å²) < 4.78 is 6.52. The van der Waals surface area contributed by atoms with Crippen LogP contribution in [0.3, 0.4) is 0 Å². The van der Waals surface area contributed by atoms with Gasteiger partial charge in [0, 0.05) is 22.8 Å². The molecule has 1 unspecified atom stereocenters. The molecule has 1 aliphatic heterocycles. The van der Waals surface area contributed by atoms with E-state index in [0.717, 1.165) is 41.1 Å². The standard InChI is InChI=1S/C17H16BrN5O/c1-11-19-9-8-15(20-11)23-10-4-7-14(23)17-21-16(22-24-17)12-5-2-3-6-13(12)18/h2-3,5-6,8-9,14H,4,7,10H2,1H3. The fourth-order valence-corrected chi connectivity index (χ4v) is 3.49. The quantitative estimate of drug-likeness (QED) is 0.679. The molecular formula is C17H16BrN5O. The van der Waals surface area contributed by atoms with Crippen molar-refractivity contribution in [2.45, 2.75) is 25.8 Å². The molecule has 4 rings (SSSR count). The van der Waals surface area contributed by atoms with Gasteiger partial charge in [0.1, 0.15) is 17.7 Å². The van der Waals surface area contributed by atoms with Gasteiger partial charge in [-0.05, 0) is 38.0 Å². The predicted octanol–water partition coefficient (Wildman–Crippen LogP) is 3.94. The monoisotopic (exact) mass is 385 g/mol. The first-order valence-corrected chi connectivity index (χ1v) is 8.66. The summed E-state index contributed by atoms with van der Waals surface area (Å²) in [6.45, 7) is 2.82. The molecule has 1 fully saturated rings. The van der Waals surface area contributed by atoms with Crippen LogP contribution in [-0.2, 0) is 0 Å². The summed E-state index contributed by atoms with van der Waals surface area (Å²) in [5.41, 5.74) is 0.926. The summed E-state index contributed by atoms with van der Waals surface area (Å²) in [6.07, 6.45) is 3.83. The van der Waals surface area contributed by atoms with Gasteiger partial charge in [0.2, 0.25) is 11.7 Å². The SMILES string of the molecule is Cc1nccc(N2CCCC2c2nc(-c3ccccc3Br)no2)n1. The van der Waals surface area contributed by atoms with E-state index in [4.69, 9.17) is 4.52 Å². The Morgan fingerprint density at radius 3 is 2.92 bits per heavy atom. The molecule has 0 radical (unpaired) electrons. The highest BCUT2D eigenvalue weighted by Crippen LogP contribution is 2.35. The van der Waals surface area contributed by atoms with Crippen molar-refractivity contribution in [3.05, 3.63) is 52.7 Å². The summed E-state index contributed by atoms with van der Waals surface area (Å²) in [4.78, 5) is 15.5. The Labute approximate surface area is 148 Å². The van der Waals surface area contributed by atoms with Crippen LogP contribution >= 0.6 is 15.9 Å². The Morgan fingerprint density at radius 2 is 2.08 bits per heavy atom. The van der Waals surface area contributed by atoms with Crippen LogP contribution in [-0.4, -0.2) is 26.7 Å². The largest absolute Gasteiger partial charge is 0.344 e. The van der Waals surface area contributed by atoms with Crippen molar-refractivity contribution in [2.24, 2.45) is 0 Å². The van der Waals surface area contributed by atoms with Crippen LogP contribution < -0.4 is 4.90 Å². The second-order valence-electron chi connectivity index (χ2n) is 5.75. The molecule has 0 aliphatic carbocycles. The Hall–Kier alpha value is -2.28. The van der Waals surface area contributed by atoms with Crippen LogP contribution in [0.25, 0.3) is 11.4 Å². The van der Waals surface area contributed by atoms with E-state index in [1.54, 1.807) is 6.20 Å². The number of halogens is 1. The summed E-state index contributed by atoms with van der Waals surface area (Å²) in [7, 11) is 0. The van der Waals surface area contributed by atoms with E-state index in [1.807, 2.05) is 37.3 Å². The number of rotatable bonds is 3. The first kappa shape index (κ1) is 15.3. The van der Waals surface area contributed by atoms with E-state index in [0.29, 0.717) is 11.7 Å². The number of anilines is 1. The van der Waals surface area contributed by atoms with Gasteiger partial charge in [0.15, 0.2) is 0 Å². The normalized spacial score (nSPS) is 17.4. The zero-order valence-electron chi connectivity index (χ0n) is 13.2. The van der Waals surface area contributed by atoms with Gasteiger partial charge >= 0.3 is 0 Å². The van der Waals surface area contributed by atoms with Gasteiger partial charge in [-0.25, -0.2) is 9.97 Å². The van der Waals surface area contributed by atoms with Crippen molar-refractivity contribution >= 4 is 21.7 Å². The van der Waals surface area contributed by atoms with E-state index in [9.17, 15) is 0 Å². The third-order valence-corrected chi connectivity index (χ3v) is 4.84. The number of hydrogen-bond acceptors (Lipinski definition) is 6. The van der Waals surface area contributed by atoms with Gasteiger partial charge in [-0.2, -0.15) is 4.98 Å². The number of aryl methyl sites for hydroxylation is 1. The third-order valence-electron chi connectivity index (χ3n) is 4.15. The van der Waals surface area contributed by atoms with Crippen molar-refractivity contribution < 1.29 is 4.52 Å². The maximum Gasteiger partial charge on any atom is 0.249 e. The van der Waals surface area contributed by atoms with Crippen LogP contribution in [0.5, 0.6) is 0 Å². The Bertz CT molecular complexity index is 865. The Balaban J connectivity index is 1.65. The second-order valence-corrected chi connectivity index (χ2v) is 6.60. The van der Waals surface area contributed by atoms with Gasteiger partial charge in [-0.15, -0.1) is 0 Å². The zero-order chi connectivity index (χ0) is 16.5. The van der Waals surface area contributed by atoms with E-state index in [1.165, 1.54) is 0 Å². The first-order chi connectivity index (χ1) is 11.7. The molecule has 1 saturated heterocycles. The molecule has 24 heavy (non-hydrogen) atoms. The molecule has 6 nitrogen and oxygen atoms in total. The lowest BCUT2D eigenvalue weighted by Crippen LogP contribution is -2.24. The smallest absolute Gasteiger partial charge is 0.249 e. The highest BCUT2D eigenvalue weighted by atomic mass is 79.9. The maximum atomic E-state index is 5.57. The summed E-state index contributed by atoms with van der Waals surface area (Å²) in [6, 6.07) is 9.85. The Kier molecular flexibility index (Phi) is 4.02. The van der Waals surface area contributed by atoms with Gasteiger partial charge in [-0.1, -0.05) is 33.2 Å². The van der Waals surface area contributed by atoms with Crippen molar-refractivity contribution in [1.82, 2.24) is 20.1 Å². The summed E-state index contributed by atoms with van der Waals surface area (Å²) in [5, 5.41) is 4.16. The van der Waals surface area contributed by atoms with E-state index < -0.39 is 0 Å². The van der Waals surface area contributed by atoms with Gasteiger partial charge in [-0.3, -0.25) is 0 Å². The lowest BCUT2D eigenvalue weighted by atomic mass is 10.2. The van der Waals surface area contributed by atoms with Gasteiger partial charge in [0.25, 0.3) is 0 Å². The topological polar surface area (TPSA) is 67.9 Å². The van der Waals surface area contributed by atoms with Gasteiger partial charge < -0.3 is 9.42 Å². The molecule has 1 aromatic carbocycles. The Morgan fingerprint density at radius 1 is 1.21 bits per heavy atom. The molecule has 0 amide bonds. The fraction of sp³-hybridized carbons (Fsp3) is 0.294. The molecule has 0 bridgehead atoms. The molecule has 0 saturated carbocycles. The van der Waals surface area contributed by atoms with E-state index in [-0.39, 0.29) is 6.04 Å². The van der Waals surface area contributed by atoms with E-state index in [2.05, 4.69) is 40.9 Å². The third kappa shape index (κ3) is 2.80. The van der Waals surface area contributed by atoms with Crippen molar-refractivity contribution in [3.63, 3.8) is 0 Å². The summed E-state index contributed by atoms with van der Waals surface area (Å²) >= 11 is 3.53. The lowest BCUT2D eigenvalue weighted by Gasteiger charge is -2.22. The van der Waals surface area contributed by atoms with Gasteiger partial charge in [0.05, 0.1) is 0 Å². The maximum absolute atomic E-state index is 5.57. The van der Waals surface area contributed by atoms with Crippen LogP contribution in [0.1, 0.15) is 30.6 Å². The number of nitrogens with zero attached hydrogens (tertiary/aromatic N) is 5. The minimum Gasteiger partial charge on any atom is -0.344 e. The highest BCUT2D eigenvalue weighted by Gasteiger charge is 2.32. The molecule has 0 spiro atoms. The van der Waals surface area contributed by atoms with Crippen molar-refractivity contribution in [3.8, 4) is 11.4 Å². The second kappa shape index (κ2) is 6.32. The van der Waals surface area contributed by atoms with Crippen LogP contribution in [0.15, 0.2) is 45.5 Å². The highest BCUT2D eigenvalue weighted by molar-refractivity contribution is 9.10. The van der Waals surface area contributed by atoms with Crippen LogP contribution in [0.2, 0.25) is 0 Å². The lowest BCUT2D eigenvalue weighted by molar-refractivity contribution is 0.354. The molecule has 3 heterocycles. The zero-order valence-corrected chi connectivity index (χ0v) is 14.8. The first-order valence-electron chi connectivity index (χ1n) is 7.87. The minimum atomic E-state index is 0.0584. The molecule has 1 aliphatic rings. The fourth-order valence-electron chi connectivity index (χ4n) is 3.02. The molecular weight excluding hydrogens is 370 g/mol. The van der Waals surface area contributed by atoms with Crippen molar-refractivity contribution in [1.29, 1.82) is 0 Å². The summed E-state index contributed by atoms with van der Waals surface area (Å²) in [5.74, 6) is 2.90. The number of aromatic nitrogens is 4. The number of benzene rings is 1. The van der Waals surface area contributed by atoms with Crippen LogP contribution in [0.4, 0.5) is 5.82 Å². The molecule has 1 atom stereocenters. The average Bonchev–Trinajstić information content (AvgIpc) is 3.24. The molecule has 0 N–H and O–H groups in total. The molecule has 2 aromatic heterocycles. The minimum absolute atomic E-state index is 0.0584. The molecule has 7 heteroatoms. The molecule has 3 aromatic rings. The predicted molar refractivity (Wildman–Crippen MR) is 93.5 cm³/mol. The average molecular weight is 386 g/mol. The molecule has 122 valence electrons. The number of hydrogen-bond donors (Lipinski definition) is 0. The van der Waals surface area contributed by atoms with Crippen molar-refractivity contribution in [2.75, 3.05) is 11.4 Å². The van der Waals surface area contributed by atoms with Crippen LogP contribution in [0, 0.1) is 6.92 Å².